The number of aliphatic carboxylic acids is 1. The Hall–Kier alpha value is -3.35. The number of likely N-dealkylation sites (tertiary alicyclic amines) is 1. The van der Waals surface area contributed by atoms with Crippen LogP contribution < -0.4 is 5.32 Å². The van der Waals surface area contributed by atoms with E-state index < -0.39 is 12.1 Å². The molecule has 3 atom stereocenters. The second-order valence-electron chi connectivity index (χ2n) is 9.21. The van der Waals surface area contributed by atoms with Crippen molar-refractivity contribution in [1.29, 1.82) is 0 Å². The molecule has 1 aliphatic carbocycles. The van der Waals surface area contributed by atoms with Crippen molar-refractivity contribution in [1.82, 2.24) is 10.2 Å². The maximum absolute atomic E-state index is 12.6. The molecule has 2 unspecified atom stereocenters. The Labute approximate surface area is 193 Å². The quantitative estimate of drug-likeness (QED) is 0.668. The van der Waals surface area contributed by atoms with Gasteiger partial charge in [0.05, 0.1) is 6.42 Å². The first-order valence-corrected chi connectivity index (χ1v) is 11.4. The van der Waals surface area contributed by atoms with Crippen LogP contribution in [0, 0.1) is 11.8 Å². The van der Waals surface area contributed by atoms with E-state index in [1.54, 1.807) is 11.8 Å². The number of benzene rings is 2. The average molecular weight is 451 g/mol. The largest absolute Gasteiger partial charge is 0.481 e. The van der Waals surface area contributed by atoms with Crippen molar-refractivity contribution in [2.24, 2.45) is 11.8 Å². The van der Waals surface area contributed by atoms with Gasteiger partial charge in [-0.05, 0) is 41.0 Å². The zero-order chi connectivity index (χ0) is 23.5. The molecule has 1 heterocycles. The Bertz CT molecular complexity index is 1010. The number of nitrogens with zero attached hydrogens (tertiary/aromatic N) is 1. The molecule has 0 radical (unpaired) electrons. The number of ether oxygens (including phenoxy) is 1. The molecule has 0 bridgehead atoms. The molecule has 0 saturated carbocycles. The minimum Gasteiger partial charge on any atom is -0.481 e. The second-order valence-corrected chi connectivity index (χ2v) is 9.21. The number of carbonyl (C=O) groups excluding carboxylic acids is 2. The number of rotatable bonds is 7. The Morgan fingerprint density at radius 3 is 2.27 bits per heavy atom. The molecule has 174 valence electrons. The molecular weight excluding hydrogens is 420 g/mol. The molecular formula is C26H30N2O5. The maximum atomic E-state index is 12.6. The van der Waals surface area contributed by atoms with Crippen LogP contribution in [0.1, 0.15) is 43.7 Å². The average Bonchev–Trinajstić information content (AvgIpc) is 3.29. The highest BCUT2D eigenvalue weighted by molar-refractivity contribution is 5.80. The first-order chi connectivity index (χ1) is 15.8. The van der Waals surface area contributed by atoms with E-state index in [0.29, 0.717) is 13.1 Å². The van der Waals surface area contributed by atoms with Crippen LogP contribution in [0.3, 0.4) is 0 Å². The third-order valence-electron chi connectivity index (χ3n) is 6.75. The van der Waals surface area contributed by atoms with Crippen molar-refractivity contribution >= 4 is 18.0 Å². The van der Waals surface area contributed by atoms with Gasteiger partial charge in [0.15, 0.2) is 0 Å². The van der Waals surface area contributed by atoms with Gasteiger partial charge in [-0.1, -0.05) is 55.5 Å². The van der Waals surface area contributed by atoms with E-state index in [9.17, 15) is 14.4 Å². The number of alkyl carbamates (subject to hydrolysis) is 1. The summed E-state index contributed by atoms with van der Waals surface area (Å²) in [6, 6.07) is 15.9. The zero-order valence-corrected chi connectivity index (χ0v) is 19.0. The predicted molar refractivity (Wildman–Crippen MR) is 124 cm³/mol. The van der Waals surface area contributed by atoms with E-state index in [4.69, 9.17) is 9.84 Å². The van der Waals surface area contributed by atoms with Crippen molar-refractivity contribution in [3.8, 4) is 11.1 Å². The fraction of sp³-hybridized carbons (Fsp3) is 0.423. The van der Waals surface area contributed by atoms with Gasteiger partial charge < -0.3 is 20.1 Å². The molecule has 1 saturated heterocycles. The molecule has 2 N–H and O–H groups in total. The number of carboxylic acids is 1. The Balaban J connectivity index is 1.28. The molecule has 1 fully saturated rings. The minimum atomic E-state index is -0.841. The van der Waals surface area contributed by atoms with Crippen LogP contribution in [0.5, 0.6) is 0 Å². The van der Waals surface area contributed by atoms with Gasteiger partial charge in [0.25, 0.3) is 0 Å². The van der Waals surface area contributed by atoms with Crippen LogP contribution in [0.15, 0.2) is 48.5 Å². The fourth-order valence-electron chi connectivity index (χ4n) is 5.01. The number of hydrogen-bond donors (Lipinski definition) is 2. The summed E-state index contributed by atoms with van der Waals surface area (Å²) in [6.07, 6.45) is -0.328. The summed E-state index contributed by atoms with van der Waals surface area (Å²) in [5, 5.41) is 11.8. The van der Waals surface area contributed by atoms with E-state index in [2.05, 4.69) is 29.6 Å². The fourth-order valence-corrected chi connectivity index (χ4v) is 5.01. The number of carboxylic acid groups (broad SMARTS) is 1. The summed E-state index contributed by atoms with van der Waals surface area (Å²) in [4.78, 5) is 37.8. The Kier molecular flexibility index (Phi) is 6.67. The van der Waals surface area contributed by atoms with Crippen molar-refractivity contribution < 1.29 is 24.2 Å². The summed E-state index contributed by atoms with van der Waals surface area (Å²) >= 11 is 0. The summed E-state index contributed by atoms with van der Waals surface area (Å²) in [5.41, 5.74) is 4.63. The smallest absolute Gasteiger partial charge is 0.407 e. The second kappa shape index (κ2) is 9.65. The van der Waals surface area contributed by atoms with Crippen molar-refractivity contribution in [3.63, 3.8) is 0 Å². The summed E-state index contributed by atoms with van der Waals surface area (Å²) < 4.78 is 5.56. The number of hydrogen-bond acceptors (Lipinski definition) is 4. The third kappa shape index (κ3) is 5.02. The SMILES string of the molecule is CC1CN(C(=O)C[C@@H](C)NC(=O)OCC2c3ccccc3-c3ccccc32)CC1CC(=O)O. The van der Waals surface area contributed by atoms with Gasteiger partial charge in [-0.3, -0.25) is 9.59 Å². The lowest BCUT2D eigenvalue weighted by Gasteiger charge is -2.20. The standard InChI is InChI=1S/C26H30N2O5/c1-16-13-28(14-18(16)12-25(30)31)24(29)11-17(2)27-26(32)33-15-23-21-9-5-3-7-19(21)20-8-4-6-10-22(20)23/h3-10,16-18,23H,11-15H2,1-2H3,(H,27,32)(H,30,31)/t16?,17-,18?/m1/s1. The van der Waals surface area contributed by atoms with Gasteiger partial charge >= 0.3 is 12.1 Å². The van der Waals surface area contributed by atoms with Crippen molar-refractivity contribution in [2.45, 2.75) is 38.6 Å². The van der Waals surface area contributed by atoms with Crippen LogP contribution in [0.4, 0.5) is 4.79 Å². The van der Waals surface area contributed by atoms with Gasteiger partial charge in [-0.25, -0.2) is 4.79 Å². The van der Waals surface area contributed by atoms with E-state index in [-0.39, 0.29) is 49.2 Å². The molecule has 33 heavy (non-hydrogen) atoms. The van der Waals surface area contributed by atoms with E-state index in [1.165, 1.54) is 11.1 Å². The monoisotopic (exact) mass is 450 g/mol. The number of carbonyl (C=O) groups is 3. The van der Waals surface area contributed by atoms with Gasteiger partial charge in [0.1, 0.15) is 6.61 Å². The van der Waals surface area contributed by atoms with Gasteiger partial charge in [0.2, 0.25) is 5.91 Å². The van der Waals surface area contributed by atoms with Gasteiger partial charge in [-0.15, -0.1) is 0 Å². The van der Waals surface area contributed by atoms with Crippen LogP contribution in [0.2, 0.25) is 0 Å². The normalized spacial score (nSPS) is 20.1. The van der Waals surface area contributed by atoms with Gasteiger partial charge in [0, 0.05) is 31.5 Å². The summed E-state index contributed by atoms with van der Waals surface area (Å²) in [6.45, 7) is 4.96. The van der Waals surface area contributed by atoms with Crippen LogP contribution >= 0.6 is 0 Å². The number of fused-ring (bicyclic) bond motifs is 3. The van der Waals surface area contributed by atoms with E-state index in [1.807, 2.05) is 31.2 Å². The molecule has 2 aromatic carbocycles. The highest BCUT2D eigenvalue weighted by Gasteiger charge is 2.34. The summed E-state index contributed by atoms with van der Waals surface area (Å²) in [5.74, 6) is -0.822. The first-order valence-electron chi connectivity index (χ1n) is 11.4. The molecule has 1 aliphatic heterocycles. The maximum Gasteiger partial charge on any atom is 0.407 e. The molecule has 7 heteroatoms. The number of amides is 2. The van der Waals surface area contributed by atoms with Crippen LogP contribution in [0.25, 0.3) is 11.1 Å². The summed E-state index contributed by atoms with van der Waals surface area (Å²) in [7, 11) is 0. The molecule has 2 amide bonds. The third-order valence-corrected chi connectivity index (χ3v) is 6.75. The molecule has 2 aromatic rings. The molecule has 4 rings (SSSR count). The minimum absolute atomic E-state index is 0.0163. The van der Waals surface area contributed by atoms with Crippen molar-refractivity contribution in [2.75, 3.05) is 19.7 Å². The van der Waals surface area contributed by atoms with E-state index >= 15 is 0 Å². The van der Waals surface area contributed by atoms with Crippen LogP contribution in [-0.2, 0) is 14.3 Å². The Morgan fingerprint density at radius 1 is 1.06 bits per heavy atom. The molecule has 0 aromatic heterocycles. The van der Waals surface area contributed by atoms with Gasteiger partial charge in [-0.2, -0.15) is 0 Å². The zero-order valence-electron chi connectivity index (χ0n) is 19.0. The topological polar surface area (TPSA) is 95.9 Å². The molecule has 2 aliphatic rings. The predicted octanol–water partition coefficient (Wildman–Crippen LogP) is 3.87. The lowest BCUT2D eigenvalue weighted by Crippen LogP contribution is -2.39. The highest BCUT2D eigenvalue weighted by Crippen LogP contribution is 2.44. The van der Waals surface area contributed by atoms with Crippen molar-refractivity contribution in [3.05, 3.63) is 59.7 Å². The molecule has 7 nitrogen and oxygen atoms in total. The van der Waals surface area contributed by atoms with E-state index in [0.717, 1.165) is 11.1 Å². The highest BCUT2D eigenvalue weighted by atomic mass is 16.5. The molecule has 0 spiro atoms. The first kappa shape index (κ1) is 22.8. The lowest BCUT2D eigenvalue weighted by molar-refractivity contribution is -0.138. The van der Waals surface area contributed by atoms with Crippen LogP contribution in [-0.4, -0.2) is 53.7 Å². The number of nitrogens with one attached hydrogen (secondary N) is 1. The Morgan fingerprint density at radius 2 is 1.67 bits per heavy atom. The lowest BCUT2D eigenvalue weighted by atomic mass is 9.95.